The van der Waals surface area contributed by atoms with Crippen molar-refractivity contribution in [3.05, 3.63) is 54.6 Å². The molecule has 0 fully saturated rings. The zero-order valence-corrected chi connectivity index (χ0v) is 9.17. The van der Waals surface area contributed by atoms with Gasteiger partial charge in [0.1, 0.15) is 0 Å². The van der Waals surface area contributed by atoms with Gasteiger partial charge in [0.2, 0.25) is 0 Å². The summed E-state index contributed by atoms with van der Waals surface area (Å²) in [5.41, 5.74) is 1.09. The second-order valence-electron chi connectivity index (χ2n) is 3.61. The van der Waals surface area contributed by atoms with E-state index < -0.39 is 5.97 Å². The molecule has 0 radical (unpaired) electrons. The van der Waals surface area contributed by atoms with Crippen molar-refractivity contribution in [3.63, 3.8) is 0 Å². The molecule has 0 heterocycles. The van der Waals surface area contributed by atoms with Crippen LogP contribution < -0.4 is 0 Å². The maximum atomic E-state index is 10.9. The Morgan fingerprint density at radius 1 is 1.31 bits per heavy atom. The van der Waals surface area contributed by atoms with Gasteiger partial charge in [0.25, 0.3) is 0 Å². The number of aliphatic carboxylic acids is 1. The third kappa shape index (κ3) is 4.13. The average molecular weight is 216 g/mol. The molecule has 1 rings (SSSR count). The standard InChI is InChI=1S/C14H16O2/c1-2-7-13(14(15)16)11-6-10-12-8-4-3-5-9-12/h2-6,8-10,13H,1,7,11H2,(H,15,16)/b10-6+/t13-/m0/s1. The van der Waals surface area contributed by atoms with Gasteiger partial charge in [-0.3, -0.25) is 4.79 Å². The van der Waals surface area contributed by atoms with Gasteiger partial charge >= 0.3 is 5.97 Å². The summed E-state index contributed by atoms with van der Waals surface area (Å²) in [5, 5.41) is 8.92. The van der Waals surface area contributed by atoms with Crippen molar-refractivity contribution < 1.29 is 9.90 Å². The van der Waals surface area contributed by atoms with Crippen molar-refractivity contribution in [2.75, 3.05) is 0 Å². The summed E-state index contributed by atoms with van der Waals surface area (Å²) < 4.78 is 0. The Hall–Kier alpha value is -1.83. The highest BCUT2D eigenvalue weighted by Crippen LogP contribution is 2.12. The molecule has 0 spiro atoms. The highest BCUT2D eigenvalue weighted by molar-refractivity contribution is 5.70. The Morgan fingerprint density at radius 2 is 2.00 bits per heavy atom. The minimum absolute atomic E-state index is 0.363. The molecular weight excluding hydrogens is 200 g/mol. The molecule has 1 aromatic rings. The zero-order chi connectivity index (χ0) is 11.8. The van der Waals surface area contributed by atoms with Crippen LogP contribution in [0.3, 0.4) is 0 Å². The molecule has 0 amide bonds. The molecule has 0 saturated carbocycles. The first kappa shape index (κ1) is 12.2. The summed E-state index contributed by atoms with van der Waals surface area (Å²) in [6.45, 7) is 3.56. The van der Waals surface area contributed by atoms with E-state index in [2.05, 4.69) is 6.58 Å². The van der Waals surface area contributed by atoms with E-state index in [0.717, 1.165) is 5.56 Å². The summed E-state index contributed by atoms with van der Waals surface area (Å²) in [5.74, 6) is -1.13. The Labute approximate surface area is 95.9 Å². The zero-order valence-electron chi connectivity index (χ0n) is 9.17. The fourth-order valence-electron chi connectivity index (χ4n) is 1.43. The van der Waals surface area contributed by atoms with Gasteiger partial charge < -0.3 is 5.11 Å². The minimum Gasteiger partial charge on any atom is -0.481 e. The van der Waals surface area contributed by atoms with Crippen LogP contribution in [0.15, 0.2) is 49.1 Å². The van der Waals surface area contributed by atoms with Gasteiger partial charge in [-0.2, -0.15) is 0 Å². The smallest absolute Gasteiger partial charge is 0.307 e. The Morgan fingerprint density at radius 3 is 2.56 bits per heavy atom. The predicted octanol–water partition coefficient (Wildman–Crippen LogP) is 3.37. The van der Waals surface area contributed by atoms with Crippen LogP contribution >= 0.6 is 0 Å². The lowest BCUT2D eigenvalue weighted by Gasteiger charge is -2.05. The fraction of sp³-hybridized carbons (Fsp3) is 0.214. The summed E-state index contributed by atoms with van der Waals surface area (Å²) in [6, 6.07) is 9.84. The first-order valence-corrected chi connectivity index (χ1v) is 5.29. The number of hydrogen-bond donors (Lipinski definition) is 1. The van der Waals surface area contributed by atoms with E-state index in [1.54, 1.807) is 6.08 Å². The summed E-state index contributed by atoms with van der Waals surface area (Å²) >= 11 is 0. The van der Waals surface area contributed by atoms with Crippen LogP contribution in [0.2, 0.25) is 0 Å². The highest BCUT2D eigenvalue weighted by Gasteiger charge is 2.12. The van der Waals surface area contributed by atoms with Crippen LogP contribution in [-0.2, 0) is 4.79 Å². The molecule has 0 saturated heterocycles. The number of benzene rings is 1. The van der Waals surface area contributed by atoms with E-state index in [9.17, 15) is 4.79 Å². The molecule has 0 bridgehead atoms. The topological polar surface area (TPSA) is 37.3 Å². The van der Waals surface area contributed by atoms with E-state index in [1.807, 2.05) is 42.5 Å². The van der Waals surface area contributed by atoms with Gasteiger partial charge in [0.15, 0.2) is 0 Å². The van der Waals surface area contributed by atoms with E-state index in [1.165, 1.54) is 0 Å². The third-order valence-electron chi connectivity index (χ3n) is 2.33. The van der Waals surface area contributed by atoms with Crippen molar-refractivity contribution in [1.82, 2.24) is 0 Å². The van der Waals surface area contributed by atoms with Crippen molar-refractivity contribution in [1.29, 1.82) is 0 Å². The van der Waals surface area contributed by atoms with E-state index in [4.69, 9.17) is 5.11 Å². The van der Waals surface area contributed by atoms with Crippen molar-refractivity contribution in [3.8, 4) is 0 Å². The largest absolute Gasteiger partial charge is 0.481 e. The Kier molecular flexibility index (Phi) is 5.06. The van der Waals surface area contributed by atoms with Crippen molar-refractivity contribution in [2.24, 2.45) is 5.92 Å². The summed E-state index contributed by atoms with van der Waals surface area (Å²) in [4.78, 5) is 10.9. The second kappa shape index (κ2) is 6.62. The van der Waals surface area contributed by atoms with Gasteiger partial charge in [-0.1, -0.05) is 48.6 Å². The monoisotopic (exact) mass is 216 g/mol. The van der Waals surface area contributed by atoms with E-state index in [0.29, 0.717) is 12.8 Å². The van der Waals surface area contributed by atoms with Crippen LogP contribution in [0.25, 0.3) is 6.08 Å². The lowest BCUT2D eigenvalue weighted by atomic mass is 10.0. The number of allylic oxidation sites excluding steroid dienone is 2. The molecule has 0 aliphatic carbocycles. The normalized spacial score (nSPS) is 12.5. The Bertz CT molecular complexity index is 366. The molecule has 2 nitrogen and oxygen atoms in total. The van der Waals surface area contributed by atoms with Crippen LogP contribution in [0, 0.1) is 5.92 Å². The van der Waals surface area contributed by atoms with Crippen molar-refractivity contribution in [2.45, 2.75) is 12.8 Å². The molecule has 1 N–H and O–H groups in total. The van der Waals surface area contributed by atoms with Gasteiger partial charge in [-0.25, -0.2) is 0 Å². The third-order valence-corrected chi connectivity index (χ3v) is 2.33. The van der Waals surface area contributed by atoms with E-state index in [-0.39, 0.29) is 5.92 Å². The maximum Gasteiger partial charge on any atom is 0.307 e. The minimum atomic E-state index is -0.766. The number of carboxylic acids is 1. The average Bonchev–Trinajstić information content (AvgIpc) is 2.29. The number of carboxylic acid groups (broad SMARTS) is 1. The lowest BCUT2D eigenvalue weighted by molar-refractivity contribution is -0.141. The molecule has 1 atom stereocenters. The molecule has 1 aromatic carbocycles. The molecule has 2 heteroatoms. The SMILES string of the molecule is C=CC[C@@H](C/C=C/c1ccccc1)C(=O)O. The Balaban J connectivity index is 2.52. The maximum absolute atomic E-state index is 10.9. The lowest BCUT2D eigenvalue weighted by Crippen LogP contribution is -2.11. The molecule has 16 heavy (non-hydrogen) atoms. The van der Waals surface area contributed by atoms with Crippen LogP contribution in [-0.4, -0.2) is 11.1 Å². The van der Waals surface area contributed by atoms with Gasteiger partial charge in [-0.05, 0) is 18.4 Å². The quantitative estimate of drug-likeness (QED) is 0.740. The number of hydrogen-bond acceptors (Lipinski definition) is 1. The number of carbonyl (C=O) groups is 1. The molecular formula is C14H16O2. The molecule has 0 aliphatic heterocycles. The van der Waals surface area contributed by atoms with Crippen LogP contribution in [0.5, 0.6) is 0 Å². The fourth-order valence-corrected chi connectivity index (χ4v) is 1.43. The van der Waals surface area contributed by atoms with Gasteiger partial charge in [-0.15, -0.1) is 6.58 Å². The second-order valence-corrected chi connectivity index (χ2v) is 3.61. The predicted molar refractivity (Wildman–Crippen MR) is 66.0 cm³/mol. The van der Waals surface area contributed by atoms with Crippen molar-refractivity contribution >= 4 is 12.0 Å². The molecule has 0 aliphatic rings. The van der Waals surface area contributed by atoms with Gasteiger partial charge in [0.05, 0.1) is 5.92 Å². The molecule has 84 valence electrons. The molecule has 0 unspecified atom stereocenters. The van der Waals surface area contributed by atoms with Crippen LogP contribution in [0.4, 0.5) is 0 Å². The first-order valence-electron chi connectivity index (χ1n) is 5.29. The highest BCUT2D eigenvalue weighted by atomic mass is 16.4. The number of rotatable bonds is 6. The summed E-state index contributed by atoms with van der Waals surface area (Å²) in [7, 11) is 0. The van der Waals surface area contributed by atoms with Crippen LogP contribution in [0.1, 0.15) is 18.4 Å². The van der Waals surface area contributed by atoms with E-state index >= 15 is 0 Å². The van der Waals surface area contributed by atoms with Gasteiger partial charge in [0, 0.05) is 0 Å². The first-order chi connectivity index (χ1) is 7.74. The molecule has 0 aromatic heterocycles. The summed E-state index contributed by atoms with van der Waals surface area (Å²) in [6.07, 6.45) is 6.54.